The molecule has 0 aliphatic carbocycles. The van der Waals surface area contributed by atoms with Crippen LogP contribution in [0.5, 0.6) is 0 Å². The fraction of sp³-hybridized carbons (Fsp3) is 0.0667. The Hall–Kier alpha value is -2.16. The number of sulfonamides is 1. The maximum absolute atomic E-state index is 12.5. The number of halogens is 1. The molecule has 1 heterocycles. The van der Waals surface area contributed by atoms with Gasteiger partial charge < -0.3 is 5.11 Å². The van der Waals surface area contributed by atoms with Crippen molar-refractivity contribution in [1.29, 1.82) is 0 Å². The van der Waals surface area contributed by atoms with Gasteiger partial charge in [0.1, 0.15) is 0 Å². The van der Waals surface area contributed by atoms with Crippen LogP contribution in [0.1, 0.15) is 15.9 Å². The van der Waals surface area contributed by atoms with E-state index in [1.165, 1.54) is 12.1 Å². The van der Waals surface area contributed by atoms with Gasteiger partial charge in [0.15, 0.2) is 5.13 Å². The van der Waals surface area contributed by atoms with Gasteiger partial charge >= 0.3 is 5.97 Å². The molecule has 24 heavy (non-hydrogen) atoms. The van der Waals surface area contributed by atoms with Gasteiger partial charge in [-0.1, -0.05) is 29.0 Å². The molecule has 2 aromatic carbocycles. The zero-order valence-electron chi connectivity index (χ0n) is 12.3. The van der Waals surface area contributed by atoms with Crippen LogP contribution >= 0.6 is 22.9 Å². The number of hydrogen-bond donors (Lipinski definition) is 2. The number of anilines is 1. The second-order valence-corrected chi connectivity index (χ2v) is 8.17. The summed E-state index contributed by atoms with van der Waals surface area (Å²) in [6.07, 6.45) is 0. The minimum absolute atomic E-state index is 0.0612. The molecule has 3 aromatic rings. The maximum atomic E-state index is 12.5. The summed E-state index contributed by atoms with van der Waals surface area (Å²) in [4.78, 5) is 15.2. The lowest BCUT2D eigenvalue weighted by molar-refractivity contribution is 0.0696. The number of rotatable bonds is 4. The van der Waals surface area contributed by atoms with Crippen LogP contribution < -0.4 is 4.72 Å². The number of nitrogens with zero attached hydrogens (tertiary/aromatic N) is 1. The van der Waals surface area contributed by atoms with Gasteiger partial charge in [-0.2, -0.15) is 0 Å². The molecule has 9 heteroatoms. The Bertz CT molecular complexity index is 1060. The average Bonchev–Trinajstić information content (AvgIpc) is 2.87. The molecule has 0 aliphatic rings. The summed E-state index contributed by atoms with van der Waals surface area (Å²) in [7, 11) is -3.94. The molecule has 6 nitrogen and oxygen atoms in total. The van der Waals surface area contributed by atoms with Crippen molar-refractivity contribution in [2.24, 2.45) is 0 Å². The van der Waals surface area contributed by atoms with Crippen molar-refractivity contribution in [1.82, 2.24) is 4.98 Å². The van der Waals surface area contributed by atoms with Crippen LogP contribution in [0.25, 0.3) is 10.2 Å². The number of carboxylic acid groups (broad SMARTS) is 1. The molecule has 0 aliphatic heterocycles. The fourth-order valence-electron chi connectivity index (χ4n) is 2.11. The Labute approximate surface area is 146 Å². The molecule has 124 valence electrons. The summed E-state index contributed by atoms with van der Waals surface area (Å²) < 4.78 is 28.1. The molecule has 0 spiro atoms. The van der Waals surface area contributed by atoms with Crippen molar-refractivity contribution in [3.63, 3.8) is 0 Å². The molecule has 0 saturated heterocycles. The maximum Gasteiger partial charge on any atom is 0.335 e. The van der Waals surface area contributed by atoms with E-state index in [4.69, 9.17) is 16.7 Å². The van der Waals surface area contributed by atoms with Gasteiger partial charge in [-0.05, 0) is 42.8 Å². The van der Waals surface area contributed by atoms with Crippen molar-refractivity contribution in [3.8, 4) is 0 Å². The van der Waals surface area contributed by atoms with Gasteiger partial charge in [0.25, 0.3) is 10.0 Å². The van der Waals surface area contributed by atoms with Crippen LogP contribution in [-0.2, 0) is 10.0 Å². The number of hydrogen-bond acceptors (Lipinski definition) is 5. The third-order valence-corrected chi connectivity index (χ3v) is 5.96. The minimum atomic E-state index is -3.94. The molecule has 0 unspecified atom stereocenters. The van der Waals surface area contributed by atoms with Crippen molar-refractivity contribution in [3.05, 3.63) is 52.5 Å². The van der Waals surface area contributed by atoms with E-state index in [0.29, 0.717) is 16.1 Å². The fourth-order valence-corrected chi connectivity index (χ4v) is 4.52. The first kappa shape index (κ1) is 16.7. The first-order valence-electron chi connectivity index (χ1n) is 6.69. The Morgan fingerprint density at radius 2 is 2.00 bits per heavy atom. The van der Waals surface area contributed by atoms with Crippen LogP contribution in [0.4, 0.5) is 5.13 Å². The van der Waals surface area contributed by atoms with Crippen molar-refractivity contribution < 1.29 is 18.3 Å². The molecular weight excluding hydrogens is 372 g/mol. The van der Waals surface area contributed by atoms with E-state index in [0.717, 1.165) is 22.1 Å². The number of benzene rings is 2. The topological polar surface area (TPSA) is 96.4 Å². The number of aryl methyl sites for hydroxylation is 1. The third kappa shape index (κ3) is 3.21. The quantitative estimate of drug-likeness (QED) is 0.716. The van der Waals surface area contributed by atoms with E-state index in [1.54, 1.807) is 25.1 Å². The van der Waals surface area contributed by atoms with Crippen LogP contribution in [0.2, 0.25) is 5.02 Å². The van der Waals surface area contributed by atoms with Gasteiger partial charge in [-0.15, -0.1) is 0 Å². The molecule has 0 amide bonds. The number of thiazole rings is 1. The molecule has 0 saturated carbocycles. The second-order valence-electron chi connectivity index (χ2n) is 5.02. The highest BCUT2D eigenvalue weighted by Crippen LogP contribution is 2.30. The first-order valence-corrected chi connectivity index (χ1v) is 9.37. The normalized spacial score (nSPS) is 11.6. The largest absolute Gasteiger partial charge is 0.478 e. The molecule has 2 N–H and O–H groups in total. The predicted molar refractivity (Wildman–Crippen MR) is 93.6 cm³/mol. The highest BCUT2D eigenvalue weighted by molar-refractivity contribution is 7.93. The monoisotopic (exact) mass is 382 g/mol. The molecule has 3 rings (SSSR count). The SMILES string of the molecule is Cc1ccc(S(=O)(=O)Nc2nc3ccc(Cl)cc3s2)cc1C(=O)O. The van der Waals surface area contributed by atoms with Crippen LogP contribution in [0, 0.1) is 6.92 Å². The Morgan fingerprint density at radius 3 is 2.71 bits per heavy atom. The molecule has 0 bridgehead atoms. The zero-order valence-corrected chi connectivity index (χ0v) is 14.7. The molecule has 0 radical (unpaired) electrons. The Kier molecular flexibility index (Phi) is 4.20. The van der Waals surface area contributed by atoms with Crippen molar-refractivity contribution in [2.45, 2.75) is 11.8 Å². The van der Waals surface area contributed by atoms with Gasteiger partial charge in [0.2, 0.25) is 0 Å². The Morgan fingerprint density at radius 1 is 1.25 bits per heavy atom. The number of nitrogens with one attached hydrogen (secondary N) is 1. The summed E-state index contributed by atoms with van der Waals surface area (Å²) in [5.41, 5.74) is 1.04. The minimum Gasteiger partial charge on any atom is -0.478 e. The number of aromatic carboxylic acids is 1. The lowest BCUT2D eigenvalue weighted by Gasteiger charge is -2.07. The van der Waals surface area contributed by atoms with Gasteiger partial charge in [0.05, 0.1) is 20.7 Å². The molecular formula is C15H11ClN2O4S2. The highest BCUT2D eigenvalue weighted by Gasteiger charge is 2.19. The molecule has 1 aromatic heterocycles. The number of carboxylic acids is 1. The van der Waals surface area contributed by atoms with E-state index in [1.807, 2.05) is 0 Å². The van der Waals surface area contributed by atoms with E-state index in [9.17, 15) is 13.2 Å². The standard InChI is InChI=1S/C15H11ClN2O4S2/c1-8-2-4-10(7-11(8)14(19)20)24(21,22)18-15-17-12-5-3-9(16)6-13(12)23-15/h2-7H,1H3,(H,17,18)(H,19,20). The number of carbonyl (C=O) groups is 1. The van der Waals surface area contributed by atoms with Crippen molar-refractivity contribution >= 4 is 54.3 Å². The van der Waals surface area contributed by atoms with E-state index in [2.05, 4.69) is 9.71 Å². The first-order chi connectivity index (χ1) is 11.3. The van der Waals surface area contributed by atoms with E-state index >= 15 is 0 Å². The smallest absolute Gasteiger partial charge is 0.335 e. The van der Waals surface area contributed by atoms with Crippen LogP contribution in [0.15, 0.2) is 41.3 Å². The number of fused-ring (bicyclic) bond motifs is 1. The van der Waals surface area contributed by atoms with E-state index in [-0.39, 0.29) is 15.6 Å². The van der Waals surface area contributed by atoms with Gasteiger partial charge in [-0.25, -0.2) is 18.2 Å². The van der Waals surface area contributed by atoms with Crippen LogP contribution in [-0.4, -0.2) is 24.5 Å². The van der Waals surface area contributed by atoms with Crippen molar-refractivity contribution in [2.75, 3.05) is 4.72 Å². The summed E-state index contributed by atoms with van der Waals surface area (Å²) in [5, 5.41) is 9.85. The van der Waals surface area contributed by atoms with Gasteiger partial charge in [-0.3, -0.25) is 4.72 Å². The Balaban J connectivity index is 1.98. The molecule has 0 fully saturated rings. The predicted octanol–water partition coefficient (Wildman–Crippen LogP) is 3.76. The summed E-state index contributed by atoms with van der Waals surface area (Å²) in [6.45, 7) is 1.60. The lowest BCUT2D eigenvalue weighted by Crippen LogP contribution is -2.14. The average molecular weight is 383 g/mol. The summed E-state index contributed by atoms with van der Waals surface area (Å²) >= 11 is 7.05. The zero-order chi connectivity index (χ0) is 17.5. The molecule has 0 atom stereocenters. The lowest BCUT2D eigenvalue weighted by atomic mass is 10.1. The second kappa shape index (κ2) is 6.04. The highest BCUT2D eigenvalue weighted by atomic mass is 35.5. The van der Waals surface area contributed by atoms with Gasteiger partial charge in [0, 0.05) is 5.02 Å². The van der Waals surface area contributed by atoms with Crippen LogP contribution in [0.3, 0.4) is 0 Å². The summed E-state index contributed by atoms with van der Waals surface area (Å²) in [6, 6.07) is 9.00. The summed E-state index contributed by atoms with van der Waals surface area (Å²) in [5.74, 6) is -1.18. The third-order valence-electron chi connectivity index (χ3n) is 3.32. The number of aromatic nitrogens is 1. The van der Waals surface area contributed by atoms with E-state index < -0.39 is 16.0 Å².